The average Bonchev–Trinajstić information content (AvgIpc) is 2.29. The van der Waals surface area contributed by atoms with Gasteiger partial charge in [-0.05, 0) is 12.8 Å². The Morgan fingerprint density at radius 3 is 2.81 bits per heavy atom. The fourth-order valence-electron chi connectivity index (χ4n) is 1.70. The highest BCUT2D eigenvalue weighted by atomic mass is 16.6. The Morgan fingerprint density at radius 1 is 1.31 bits per heavy atom. The van der Waals surface area contributed by atoms with E-state index < -0.39 is 11.9 Å². The molecule has 1 rings (SSSR count). The van der Waals surface area contributed by atoms with E-state index in [2.05, 4.69) is 0 Å². The number of ketones is 1. The zero-order chi connectivity index (χ0) is 11.8. The van der Waals surface area contributed by atoms with Crippen LogP contribution in [0.1, 0.15) is 25.7 Å². The Labute approximate surface area is 94.7 Å². The van der Waals surface area contributed by atoms with Gasteiger partial charge in [-0.1, -0.05) is 6.42 Å². The molecule has 0 saturated heterocycles. The molecule has 16 heavy (non-hydrogen) atoms. The van der Waals surface area contributed by atoms with Crippen molar-refractivity contribution in [3.05, 3.63) is 0 Å². The Balaban J connectivity index is 2.16. The normalized spacial score (nSPS) is 20.8. The number of hydrogen-bond donors (Lipinski definition) is 1. The lowest BCUT2D eigenvalue weighted by molar-refractivity contribution is -0.154. The number of esters is 1. The molecule has 5 heteroatoms. The van der Waals surface area contributed by atoms with Crippen molar-refractivity contribution in [2.45, 2.75) is 25.7 Å². The Morgan fingerprint density at radius 2 is 2.12 bits per heavy atom. The monoisotopic (exact) mass is 230 g/mol. The predicted molar refractivity (Wildman–Crippen MR) is 55.8 cm³/mol. The molecular formula is C11H18O5. The van der Waals surface area contributed by atoms with Gasteiger partial charge in [0.05, 0.1) is 19.8 Å². The van der Waals surface area contributed by atoms with Gasteiger partial charge in [0.2, 0.25) is 0 Å². The van der Waals surface area contributed by atoms with Gasteiger partial charge in [-0.25, -0.2) is 0 Å². The summed E-state index contributed by atoms with van der Waals surface area (Å²) in [6.07, 6.45) is 2.88. The first kappa shape index (κ1) is 13.1. The summed E-state index contributed by atoms with van der Waals surface area (Å²) in [5.74, 6) is -1.00. The zero-order valence-electron chi connectivity index (χ0n) is 9.31. The molecule has 1 atom stereocenters. The van der Waals surface area contributed by atoms with Crippen molar-refractivity contribution >= 4 is 11.8 Å². The zero-order valence-corrected chi connectivity index (χ0v) is 9.31. The summed E-state index contributed by atoms with van der Waals surface area (Å²) in [6, 6.07) is 0. The second kappa shape index (κ2) is 7.35. The highest BCUT2D eigenvalue weighted by molar-refractivity contribution is 5.99. The number of rotatable bonds is 6. The Kier molecular flexibility index (Phi) is 6.03. The van der Waals surface area contributed by atoms with Gasteiger partial charge in [0.15, 0.2) is 0 Å². The number of hydrogen-bond acceptors (Lipinski definition) is 5. The number of aliphatic hydroxyl groups is 1. The molecule has 5 nitrogen and oxygen atoms in total. The first-order valence-electron chi connectivity index (χ1n) is 5.63. The highest BCUT2D eigenvalue weighted by Gasteiger charge is 2.29. The molecular weight excluding hydrogens is 212 g/mol. The number of aliphatic hydroxyl groups excluding tert-OH is 1. The minimum Gasteiger partial charge on any atom is -0.463 e. The van der Waals surface area contributed by atoms with Crippen molar-refractivity contribution in [2.24, 2.45) is 5.92 Å². The van der Waals surface area contributed by atoms with Crippen LogP contribution in [0.4, 0.5) is 0 Å². The van der Waals surface area contributed by atoms with Crippen molar-refractivity contribution < 1.29 is 24.2 Å². The van der Waals surface area contributed by atoms with E-state index in [1.807, 2.05) is 0 Å². The van der Waals surface area contributed by atoms with Crippen molar-refractivity contribution in [2.75, 3.05) is 26.4 Å². The van der Waals surface area contributed by atoms with Gasteiger partial charge >= 0.3 is 5.97 Å². The predicted octanol–water partition coefficient (Wildman–Crippen LogP) is 0.298. The van der Waals surface area contributed by atoms with E-state index in [-0.39, 0.29) is 32.2 Å². The van der Waals surface area contributed by atoms with E-state index in [4.69, 9.17) is 14.6 Å². The summed E-state index contributed by atoms with van der Waals surface area (Å²) in [7, 11) is 0. The maximum absolute atomic E-state index is 11.5. The standard InChI is InChI=1S/C11H18O5/c12-5-6-15-7-8-16-11(14)9-3-1-2-4-10(9)13/h9,12H,1-8H2. The largest absolute Gasteiger partial charge is 0.463 e. The van der Waals surface area contributed by atoms with Crippen molar-refractivity contribution in [3.63, 3.8) is 0 Å². The maximum atomic E-state index is 11.5. The molecule has 1 aliphatic carbocycles. The molecule has 1 unspecified atom stereocenters. The molecule has 0 spiro atoms. The second-order valence-corrected chi connectivity index (χ2v) is 3.77. The van der Waals surface area contributed by atoms with E-state index in [9.17, 15) is 9.59 Å². The summed E-state index contributed by atoms with van der Waals surface area (Å²) in [5, 5.41) is 8.44. The molecule has 0 radical (unpaired) electrons. The van der Waals surface area contributed by atoms with Crippen LogP contribution in [0.5, 0.6) is 0 Å². The van der Waals surface area contributed by atoms with Crippen LogP contribution in [-0.2, 0) is 19.1 Å². The van der Waals surface area contributed by atoms with Gasteiger partial charge in [-0.15, -0.1) is 0 Å². The second-order valence-electron chi connectivity index (χ2n) is 3.77. The third kappa shape index (κ3) is 4.28. The molecule has 1 aliphatic rings. The van der Waals surface area contributed by atoms with E-state index in [1.54, 1.807) is 0 Å². The lowest BCUT2D eigenvalue weighted by atomic mass is 9.88. The SMILES string of the molecule is O=C1CCCCC1C(=O)OCCOCCO. The molecule has 0 aliphatic heterocycles. The molecule has 0 aromatic rings. The number of carbonyl (C=O) groups excluding carboxylic acids is 2. The summed E-state index contributed by atoms with van der Waals surface area (Å²) in [4.78, 5) is 22.9. The summed E-state index contributed by atoms with van der Waals surface area (Å²) >= 11 is 0. The van der Waals surface area contributed by atoms with Crippen LogP contribution in [-0.4, -0.2) is 43.3 Å². The topological polar surface area (TPSA) is 72.8 Å². The summed E-state index contributed by atoms with van der Waals surface area (Å²) < 4.78 is 9.87. The van der Waals surface area contributed by atoms with Gasteiger partial charge in [0.25, 0.3) is 0 Å². The lowest BCUT2D eigenvalue weighted by Crippen LogP contribution is -2.29. The highest BCUT2D eigenvalue weighted by Crippen LogP contribution is 2.21. The molecule has 1 saturated carbocycles. The van der Waals surface area contributed by atoms with E-state index in [1.165, 1.54) is 0 Å². The molecule has 0 aromatic heterocycles. The van der Waals surface area contributed by atoms with Crippen LogP contribution in [0, 0.1) is 5.92 Å². The third-order valence-electron chi connectivity index (χ3n) is 2.55. The van der Waals surface area contributed by atoms with Gasteiger partial charge in [-0.3, -0.25) is 9.59 Å². The minimum atomic E-state index is -0.563. The molecule has 1 N–H and O–H groups in total. The number of Topliss-reactive ketones (excluding diaryl/α,β-unsaturated/α-hetero) is 1. The maximum Gasteiger partial charge on any atom is 0.316 e. The Bertz CT molecular complexity index is 239. The van der Waals surface area contributed by atoms with Gasteiger partial charge in [-0.2, -0.15) is 0 Å². The van der Waals surface area contributed by atoms with Gasteiger partial charge in [0, 0.05) is 6.42 Å². The van der Waals surface area contributed by atoms with Crippen LogP contribution in [0.3, 0.4) is 0 Å². The minimum absolute atomic E-state index is 0.00692. The Hall–Kier alpha value is -0.940. The van der Waals surface area contributed by atoms with Crippen molar-refractivity contribution in [1.29, 1.82) is 0 Å². The fraction of sp³-hybridized carbons (Fsp3) is 0.818. The van der Waals surface area contributed by atoms with Crippen LogP contribution in [0.15, 0.2) is 0 Å². The third-order valence-corrected chi connectivity index (χ3v) is 2.55. The number of ether oxygens (including phenoxy) is 2. The summed E-state index contributed by atoms with van der Waals surface area (Å²) in [6.45, 7) is 0.588. The summed E-state index contributed by atoms with van der Waals surface area (Å²) in [5.41, 5.74) is 0. The van der Waals surface area contributed by atoms with Crippen molar-refractivity contribution in [1.82, 2.24) is 0 Å². The van der Waals surface area contributed by atoms with E-state index >= 15 is 0 Å². The molecule has 0 amide bonds. The average molecular weight is 230 g/mol. The van der Waals surface area contributed by atoms with Crippen LogP contribution in [0.2, 0.25) is 0 Å². The van der Waals surface area contributed by atoms with Gasteiger partial charge < -0.3 is 14.6 Å². The molecule has 0 bridgehead atoms. The number of carbonyl (C=O) groups is 2. The van der Waals surface area contributed by atoms with E-state index in [0.717, 1.165) is 12.8 Å². The molecule has 1 fully saturated rings. The smallest absolute Gasteiger partial charge is 0.316 e. The first-order chi connectivity index (χ1) is 7.75. The van der Waals surface area contributed by atoms with Crippen LogP contribution >= 0.6 is 0 Å². The first-order valence-corrected chi connectivity index (χ1v) is 5.63. The van der Waals surface area contributed by atoms with Gasteiger partial charge in [0.1, 0.15) is 18.3 Å². The van der Waals surface area contributed by atoms with Crippen molar-refractivity contribution in [3.8, 4) is 0 Å². The molecule has 0 heterocycles. The molecule has 0 aromatic carbocycles. The lowest BCUT2D eigenvalue weighted by Gasteiger charge is -2.18. The quantitative estimate of drug-likeness (QED) is 0.403. The van der Waals surface area contributed by atoms with E-state index in [0.29, 0.717) is 12.8 Å². The molecule has 92 valence electrons. The van der Waals surface area contributed by atoms with Crippen LogP contribution < -0.4 is 0 Å². The fourth-order valence-corrected chi connectivity index (χ4v) is 1.70. The van der Waals surface area contributed by atoms with Crippen LogP contribution in [0.25, 0.3) is 0 Å².